The van der Waals surface area contributed by atoms with Gasteiger partial charge in [0.2, 0.25) is 11.8 Å². The van der Waals surface area contributed by atoms with Crippen molar-refractivity contribution in [3.63, 3.8) is 0 Å². The maximum absolute atomic E-state index is 10.6. The predicted octanol–water partition coefficient (Wildman–Crippen LogP) is 6.13. The van der Waals surface area contributed by atoms with Crippen LogP contribution < -0.4 is 5.32 Å². The number of carbonyl (C=O) groups is 4. The standard InChI is InChI=1S/C8H9NO.C8H8O.C4H9NO.C3H6O.3CH4/c1-7(10)9-8-5-3-2-4-6-8;1-7(9)8-5-3-2-4-6-8;1-4(6)5(2)3;1-3(2)4;;;/h2-6H,1H3,(H,9,10);2-6H,1H3;1-3H3;1-2H3;3*1H4. The van der Waals surface area contributed by atoms with Gasteiger partial charge in [-0.1, -0.05) is 70.8 Å². The average Bonchev–Trinajstić information content (AvgIpc) is 2.63. The van der Waals surface area contributed by atoms with Crippen molar-refractivity contribution >= 4 is 29.1 Å². The highest BCUT2D eigenvalue weighted by molar-refractivity contribution is 5.93. The lowest BCUT2D eigenvalue weighted by Crippen LogP contribution is -2.17. The maximum Gasteiger partial charge on any atom is 0.221 e. The molecule has 0 saturated carbocycles. The third kappa shape index (κ3) is 28.9. The van der Waals surface area contributed by atoms with E-state index >= 15 is 0 Å². The Balaban J connectivity index is -0.000000103. The molecule has 0 spiro atoms. The Kier molecular flexibility index (Phi) is 29.4. The highest BCUT2D eigenvalue weighted by atomic mass is 16.2. The number of nitrogens with zero attached hydrogens (tertiary/aromatic N) is 1. The van der Waals surface area contributed by atoms with Gasteiger partial charge in [0.1, 0.15) is 5.78 Å². The van der Waals surface area contributed by atoms with Crippen LogP contribution >= 0.6 is 0 Å². The van der Waals surface area contributed by atoms with Gasteiger partial charge in [-0.2, -0.15) is 0 Å². The van der Waals surface area contributed by atoms with Crippen molar-refractivity contribution in [2.45, 2.75) is 56.9 Å². The molecule has 0 bridgehead atoms. The monoisotopic (exact) mass is 448 g/mol. The first-order chi connectivity index (χ1) is 13.5. The van der Waals surface area contributed by atoms with Gasteiger partial charge in [-0.05, 0) is 32.9 Å². The molecule has 0 aromatic heterocycles. The molecule has 2 rings (SSSR count). The summed E-state index contributed by atoms with van der Waals surface area (Å²) in [7, 11) is 3.45. The summed E-state index contributed by atoms with van der Waals surface area (Å²) in [6, 6.07) is 18.6. The highest BCUT2D eigenvalue weighted by Crippen LogP contribution is 2.03. The van der Waals surface area contributed by atoms with E-state index in [0.29, 0.717) is 0 Å². The molecular weight excluding hydrogens is 404 g/mol. The largest absolute Gasteiger partial charge is 0.349 e. The van der Waals surface area contributed by atoms with Gasteiger partial charge in [0.25, 0.3) is 0 Å². The van der Waals surface area contributed by atoms with E-state index < -0.39 is 0 Å². The molecule has 1 N–H and O–H groups in total. The number of para-hydroxylation sites is 1. The van der Waals surface area contributed by atoms with Crippen LogP contribution in [0.2, 0.25) is 0 Å². The zero-order valence-electron chi connectivity index (χ0n) is 18.4. The van der Waals surface area contributed by atoms with Crippen molar-refractivity contribution in [2.75, 3.05) is 19.4 Å². The van der Waals surface area contributed by atoms with Gasteiger partial charge in [0, 0.05) is 39.2 Å². The molecule has 6 nitrogen and oxygen atoms in total. The lowest BCUT2D eigenvalue weighted by molar-refractivity contribution is -0.126. The normalized spacial score (nSPS) is 7.59. The number of hydrogen-bond acceptors (Lipinski definition) is 4. The predicted molar refractivity (Wildman–Crippen MR) is 138 cm³/mol. The molecule has 0 heterocycles. The fourth-order valence-corrected chi connectivity index (χ4v) is 1.40. The summed E-state index contributed by atoms with van der Waals surface area (Å²) in [5.41, 5.74) is 1.62. The zero-order chi connectivity index (χ0) is 22.8. The van der Waals surface area contributed by atoms with Crippen molar-refractivity contribution in [3.8, 4) is 0 Å². The van der Waals surface area contributed by atoms with Crippen LogP contribution in [0.15, 0.2) is 60.7 Å². The van der Waals surface area contributed by atoms with Gasteiger partial charge in [-0.3, -0.25) is 14.4 Å². The molecular formula is C26H44N2O4. The summed E-state index contributed by atoms with van der Waals surface area (Å²) >= 11 is 0. The van der Waals surface area contributed by atoms with Crippen molar-refractivity contribution in [3.05, 3.63) is 66.2 Å². The molecule has 2 aromatic carbocycles. The second-order valence-corrected chi connectivity index (χ2v) is 6.29. The number of anilines is 1. The Morgan fingerprint density at radius 2 is 0.969 bits per heavy atom. The molecule has 182 valence electrons. The number of hydrogen-bond donors (Lipinski definition) is 1. The molecule has 0 radical (unpaired) electrons. The van der Waals surface area contributed by atoms with Gasteiger partial charge in [-0.15, -0.1) is 0 Å². The molecule has 2 aromatic rings. The minimum Gasteiger partial charge on any atom is -0.349 e. The van der Waals surface area contributed by atoms with Gasteiger partial charge in [0.05, 0.1) is 0 Å². The number of Topliss-reactive ketones (excluding diaryl/α,β-unsaturated/α-hetero) is 2. The van der Waals surface area contributed by atoms with E-state index in [4.69, 9.17) is 0 Å². The zero-order valence-corrected chi connectivity index (χ0v) is 18.4. The first-order valence-electron chi connectivity index (χ1n) is 9.01. The first-order valence-corrected chi connectivity index (χ1v) is 9.01. The van der Waals surface area contributed by atoms with Crippen LogP contribution in [0.3, 0.4) is 0 Å². The SMILES string of the molecule is C.C.C.CC(=O)N(C)C.CC(=O)Nc1ccccc1.CC(=O)c1ccccc1.CC(C)=O. The molecule has 32 heavy (non-hydrogen) atoms. The number of benzene rings is 2. The Hall–Kier alpha value is -3.28. The van der Waals surface area contributed by atoms with Crippen molar-refractivity contribution in [1.82, 2.24) is 4.90 Å². The Labute approximate surface area is 196 Å². The quantitative estimate of drug-likeness (QED) is 0.560. The second-order valence-electron chi connectivity index (χ2n) is 6.29. The summed E-state index contributed by atoms with van der Waals surface area (Å²) in [5, 5.41) is 2.67. The van der Waals surface area contributed by atoms with E-state index in [9.17, 15) is 19.2 Å². The lowest BCUT2D eigenvalue weighted by atomic mass is 10.2. The molecule has 0 saturated heterocycles. The summed E-state index contributed by atoms with van der Waals surface area (Å²) < 4.78 is 0. The molecule has 0 atom stereocenters. The number of ketones is 2. The van der Waals surface area contributed by atoms with Crippen molar-refractivity contribution in [2.24, 2.45) is 0 Å². The summed E-state index contributed by atoms with van der Waals surface area (Å²) in [6.45, 7) is 7.64. The van der Waals surface area contributed by atoms with E-state index in [-0.39, 0.29) is 45.7 Å². The Bertz CT molecular complexity index is 739. The fraction of sp³-hybridized carbons (Fsp3) is 0.385. The summed E-state index contributed by atoms with van der Waals surface area (Å²) in [6.07, 6.45) is 0. The second kappa shape index (κ2) is 24.0. The third-order valence-electron chi connectivity index (χ3n) is 2.90. The molecule has 2 amide bonds. The topological polar surface area (TPSA) is 83.6 Å². The molecule has 0 aliphatic rings. The van der Waals surface area contributed by atoms with E-state index in [1.807, 2.05) is 60.7 Å². The Morgan fingerprint density at radius 1 is 0.656 bits per heavy atom. The number of rotatable bonds is 2. The molecule has 0 unspecified atom stereocenters. The number of amides is 2. The first kappa shape index (κ1) is 39.2. The van der Waals surface area contributed by atoms with Crippen LogP contribution in [0.4, 0.5) is 5.69 Å². The van der Waals surface area contributed by atoms with E-state index in [2.05, 4.69) is 5.32 Å². The van der Waals surface area contributed by atoms with Crippen LogP contribution in [0.25, 0.3) is 0 Å². The Morgan fingerprint density at radius 3 is 1.19 bits per heavy atom. The van der Waals surface area contributed by atoms with Gasteiger partial charge in [-0.25, -0.2) is 0 Å². The number of nitrogens with one attached hydrogen (secondary N) is 1. The number of carbonyl (C=O) groups excluding carboxylic acids is 4. The van der Waals surface area contributed by atoms with E-state index in [1.165, 1.54) is 32.6 Å². The molecule has 6 heteroatoms. The average molecular weight is 449 g/mol. The van der Waals surface area contributed by atoms with Gasteiger partial charge < -0.3 is 15.0 Å². The maximum atomic E-state index is 10.6. The van der Waals surface area contributed by atoms with Crippen molar-refractivity contribution < 1.29 is 19.2 Å². The van der Waals surface area contributed by atoms with Crippen LogP contribution in [-0.4, -0.2) is 42.4 Å². The summed E-state index contributed by atoms with van der Waals surface area (Å²) in [5.74, 6) is 0.344. The fourth-order valence-electron chi connectivity index (χ4n) is 1.40. The van der Waals surface area contributed by atoms with E-state index in [1.54, 1.807) is 21.0 Å². The van der Waals surface area contributed by atoms with Crippen LogP contribution in [-0.2, 0) is 14.4 Å². The lowest BCUT2D eigenvalue weighted by Gasteiger charge is -2.02. The van der Waals surface area contributed by atoms with Crippen LogP contribution in [0, 0.1) is 0 Å². The molecule has 0 fully saturated rings. The van der Waals surface area contributed by atoms with Gasteiger partial charge >= 0.3 is 0 Å². The summed E-state index contributed by atoms with van der Waals surface area (Å²) in [4.78, 5) is 42.2. The van der Waals surface area contributed by atoms with Crippen LogP contribution in [0.1, 0.15) is 67.3 Å². The minimum atomic E-state index is -0.0359. The molecule has 0 aliphatic carbocycles. The van der Waals surface area contributed by atoms with Gasteiger partial charge in [0.15, 0.2) is 5.78 Å². The third-order valence-corrected chi connectivity index (χ3v) is 2.90. The van der Waals surface area contributed by atoms with Crippen LogP contribution in [0.5, 0.6) is 0 Å². The molecule has 0 aliphatic heterocycles. The van der Waals surface area contributed by atoms with E-state index in [0.717, 1.165) is 11.3 Å². The highest BCUT2D eigenvalue weighted by Gasteiger charge is 1.93. The minimum absolute atomic E-state index is 0. The van der Waals surface area contributed by atoms with Crippen molar-refractivity contribution in [1.29, 1.82) is 0 Å². The smallest absolute Gasteiger partial charge is 0.221 e.